The second-order valence-corrected chi connectivity index (χ2v) is 5.58. The fourth-order valence-electron chi connectivity index (χ4n) is 0.990. The second-order valence-electron chi connectivity index (χ2n) is 3.04. The van der Waals surface area contributed by atoms with E-state index in [-0.39, 0.29) is 5.56 Å². The van der Waals surface area contributed by atoms with Crippen LogP contribution in [-0.2, 0) is 15.3 Å². The average Bonchev–Trinajstić information content (AvgIpc) is 2.35. The van der Waals surface area contributed by atoms with Gasteiger partial charge in [-0.05, 0) is 24.3 Å². The molecule has 0 saturated carbocycles. The molecule has 0 N–H and O–H groups in total. The Kier molecular flexibility index (Phi) is 6.56. The number of ketones is 1. The Hall–Kier alpha value is -0.330. The molecule has 1 unspecified atom stereocenters. The molecule has 4 nitrogen and oxygen atoms in total. The second kappa shape index (κ2) is 7.45. The topological polar surface area (TPSA) is 52.6 Å². The zero-order valence-electron chi connectivity index (χ0n) is 8.98. The lowest BCUT2D eigenvalue weighted by atomic mass is 10.1. The molecule has 1 aromatic rings. The third kappa shape index (κ3) is 5.67. The van der Waals surface area contributed by atoms with Gasteiger partial charge in [-0.25, -0.2) is 4.21 Å². The molecule has 0 heterocycles. The molecule has 1 atom stereocenters. The predicted octanol–water partition coefficient (Wildman–Crippen LogP) is 3.45. The molecule has 0 aliphatic carbocycles. The molecule has 0 bridgehead atoms. The summed E-state index contributed by atoms with van der Waals surface area (Å²) in [5.41, 5.74) is -4.85. The summed E-state index contributed by atoms with van der Waals surface area (Å²) in [6.07, 6.45) is 0. The largest absolute Gasteiger partial charge is 0.497 e. The molecule has 0 amide bonds. The maximum absolute atomic E-state index is 11.9. The molecule has 0 fully saturated rings. The van der Waals surface area contributed by atoms with Gasteiger partial charge in [0.25, 0.3) is 11.1 Å². The van der Waals surface area contributed by atoms with E-state index in [9.17, 15) is 22.2 Å². The van der Waals surface area contributed by atoms with Crippen LogP contribution >= 0.6 is 30.4 Å². The van der Waals surface area contributed by atoms with Crippen molar-refractivity contribution in [2.24, 2.45) is 0 Å². The molecular weight excluding hydrogens is 420 g/mol. The molecule has 0 aromatic heterocycles. The molecule has 1 aromatic carbocycles. The van der Waals surface area contributed by atoms with Crippen molar-refractivity contribution in [1.29, 1.82) is 0 Å². The SMILES string of the molecule is O=C(COS(=O)C(F)(F)F)c1ccc(OSI)cc1. The number of benzene rings is 1. The average molecular weight is 426 g/mol. The number of Topliss-reactive ketones (excluding diaryl/α,β-unsaturated/α-hetero) is 1. The van der Waals surface area contributed by atoms with Crippen LogP contribution in [0.25, 0.3) is 0 Å². The van der Waals surface area contributed by atoms with Crippen molar-refractivity contribution in [2.45, 2.75) is 5.51 Å². The summed E-state index contributed by atoms with van der Waals surface area (Å²) in [6.45, 7) is -0.909. The molecule has 0 saturated heterocycles. The van der Waals surface area contributed by atoms with Crippen LogP contribution in [0, 0.1) is 0 Å². The third-order valence-electron chi connectivity index (χ3n) is 1.79. The standard InChI is InChI=1S/C9H6F3IO4S2/c10-9(11,12)19(15)16-5-8(14)6-1-3-7(4-2-6)17-18-13/h1-4H,5H2. The van der Waals surface area contributed by atoms with Crippen molar-refractivity contribution in [3.05, 3.63) is 29.8 Å². The first kappa shape index (κ1) is 16.7. The van der Waals surface area contributed by atoms with Gasteiger partial charge in [-0.3, -0.25) is 8.98 Å². The van der Waals surface area contributed by atoms with Gasteiger partial charge in [0.2, 0.25) is 0 Å². The summed E-state index contributed by atoms with van der Waals surface area (Å²) in [4.78, 5) is 11.5. The first-order chi connectivity index (χ1) is 8.84. The fourth-order valence-corrected chi connectivity index (χ4v) is 2.14. The monoisotopic (exact) mass is 426 g/mol. The summed E-state index contributed by atoms with van der Waals surface area (Å²) in [6, 6.07) is 5.73. The van der Waals surface area contributed by atoms with Crippen LogP contribution in [0.1, 0.15) is 10.4 Å². The molecule has 0 spiro atoms. The van der Waals surface area contributed by atoms with Gasteiger partial charge in [-0.15, -0.1) is 0 Å². The van der Waals surface area contributed by atoms with Crippen LogP contribution in [0.3, 0.4) is 0 Å². The lowest BCUT2D eigenvalue weighted by molar-refractivity contribution is -0.0467. The highest BCUT2D eigenvalue weighted by molar-refractivity contribution is 14.2. The molecule has 0 aliphatic rings. The molecule has 0 radical (unpaired) electrons. The molecular formula is C9H6F3IO4S2. The first-order valence-corrected chi connectivity index (χ1v) is 8.91. The van der Waals surface area contributed by atoms with Crippen molar-refractivity contribution in [3.63, 3.8) is 0 Å². The zero-order chi connectivity index (χ0) is 14.5. The summed E-state index contributed by atoms with van der Waals surface area (Å²) in [5, 5.41) is 0. The number of hydrogen-bond donors (Lipinski definition) is 0. The number of hydrogen-bond acceptors (Lipinski definition) is 5. The number of alkyl halides is 3. The smallest absolute Gasteiger partial charge is 0.415 e. The zero-order valence-corrected chi connectivity index (χ0v) is 12.8. The number of rotatable bonds is 6. The van der Waals surface area contributed by atoms with Gasteiger partial charge in [0.15, 0.2) is 5.78 Å². The van der Waals surface area contributed by atoms with Gasteiger partial charge < -0.3 is 4.18 Å². The van der Waals surface area contributed by atoms with Gasteiger partial charge in [0.05, 0.1) is 0 Å². The Labute approximate surface area is 125 Å². The van der Waals surface area contributed by atoms with Crippen LogP contribution in [0.5, 0.6) is 5.75 Å². The summed E-state index contributed by atoms with van der Waals surface area (Å²) >= 11 is -1.58. The van der Waals surface area contributed by atoms with Crippen molar-refractivity contribution in [2.75, 3.05) is 6.61 Å². The van der Waals surface area contributed by atoms with E-state index in [1.165, 1.54) is 24.3 Å². The van der Waals surface area contributed by atoms with Crippen molar-refractivity contribution in [3.8, 4) is 5.75 Å². The Morgan fingerprint density at radius 1 is 1.32 bits per heavy atom. The van der Waals surface area contributed by atoms with Gasteiger partial charge in [-0.1, -0.05) is 0 Å². The van der Waals surface area contributed by atoms with Gasteiger partial charge in [0.1, 0.15) is 21.6 Å². The minimum Gasteiger partial charge on any atom is -0.415 e. The minimum atomic E-state index is -4.99. The Bertz CT molecular complexity index is 464. The quantitative estimate of drug-likeness (QED) is 0.397. The van der Waals surface area contributed by atoms with E-state index in [2.05, 4.69) is 4.18 Å². The highest BCUT2D eigenvalue weighted by atomic mass is 127. The highest BCUT2D eigenvalue weighted by Crippen LogP contribution is 2.22. The highest BCUT2D eigenvalue weighted by Gasteiger charge is 2.38. The van der Waals surface area contributed by atoms with Crippen LogP contribution in [-0.4, -0.2) is 22.1 Å². The van der Waals surface area contributed by atoms with Crippen LogP contribution in [0.4, 0.5) is 13.2 Å². The van der Waals surface area contributed by atoms with Crippen molar-refractivity contribution >= 4 is 47.3 Å². The number of carbonyl (C=O) groups is 1. The number of halogens is 4. The molecule has 1 rings (SSSR count). The van der Waals surface area contributed by atoms with Crippen LogP contribution < -0.4 is 4.18 Å². The Morgan fingerprint density at radius 2 is 1.89 bits per heavy atom. The predicted molar refractivity (Wildman–Crippen MR) is 73.2 cm³/mol. The van der Waals surface area contributed by atoms with E-state index in [0.29, 0.717) is 5.75 Å². The maximum Gasteiger partial charge on any atom is 0.497 e. The lowest BCUT2D eigenvalue weighted by Crippen LogP contribution is -2.21. The molecule has 0 aliphatic heterocycles. The summed E-state index contributed by atoms with van der Waals surface area (Å²) < 4.78 is 55.2. The van der Waals surface area contributed by atoms with E-state index in [1.54, 1.807) is 0 Å². The van der Waals surface area contributed by atoms with Gasteiger partial charge in [-0.2, -0.15) is 13.2 Å². The first-order valence-electron chi connectivity index (χ1n) is 4.55. The van der Waals surface area contributed by atoms with E-state index in [4.69, 9.17) is 4.18 Å². The fraction of sp³-hybridized carbons (Fsp3) is 0.222. The molecule has 106 valence electrons. The Balaban J connectivity index is 2.56. The maximum atomic E-state index is 11.9. The summed E-state index contributed by atoms with van der Waals surface area (Å²) in [5.74, 6) is -0.206. The van der Waals surface area contributed by atoms with E-state index < -0.39 is 29.0 Å². The van der Waals surface area contributed by atoms with Gasteiger partial charge >= 0.3 is 5.51 Å². The van der Waals surface area contributed by atoms with E-state index >= 15 is 0 Å². The van der Waals surface area contributed by atoms with Crippen LogP contribution in [0.15, 0.2) is 24.3 Å². The third-order valence-corrected chi connectivity index (χ3v) is 3.29. The molecule has 10 heteroatoms. The number of carbonyl (C=O) groups excluding carboxylic acids is 1. The molecule has 19 heavy (non-hydrogen) atoms. The normalized spacial score (nSPS) is 13.1. The van der Waals surface area contributed by atoms with E-state index in [1.807, 2.05) is 21.2 Å². The van der Waals surface area contributed by atoms with E-state index in [0.717, 1.165) is 9.21 Å². The minimum absolute atomic E-state index is 0.144. The van der Waals surface area contributed by atoms with Crippen molar-refractivity contribution < 1.29 is 30.5 Å². The van der Waals surface area contributed by atoms with Crippen molar-refractivity contribution in [1.82, 2.24) is 0 Å². The van der Waals surface area contributed by atoms with Gasteiger partial charge in [0, 0.05) is 26.8 Å². The summed E-state index contributed by atoms with van der Waals surface area (Å²) in [7, 11) is 1.08. The van der Waals surface area contributed by atoms with Crippen LogP contribution in [0.2, 0.25) is 0 Å². The lowest BCUT2D eigenvalue weighted by Gasteiger charge is -2.06. The Morgan fingerprint density at radius 3 is 2.37 bits per heavy atom.